The van der Waals surface area contributed by atoms with Gasteiger partial charge in [-0.3, -0.25) is 9.97 Å². The molecule has 1 aromatic carbocycles. The first kappa shape index (κ1) is 11.0. The second-order valence-corrected chi connectivity index (χ2v) is 3.92. The highest BCUT2D eigenvalue weighted by atomic mass is 16.4. The second-order valence-electron chi connectivity index (χ2n) is 3.92. The van der Waals surface area contributed by atoms with Crippen molar-refractivity contribution in [2.24, 2.45) is 0 Å². The van der Waals surface area contributed by atoms with Gasteiger partial charge >= 0.3 is 5.76 Å². The average molecular weight is 253 g/mol. The van der Waals surface area contributed by atoms with Crippen LogP contribution in [0.4, 0.5) is 0 Å². The van der Waals surface area contributed by atoms with Gasteiger partial charge in [0.1, 0.15) is 6.07 Å². The van der Waals surface area contributed by atoms with Crippen molar-refractivity contribution >= 4 is 11.1 Å². The molecule has 0 amide bonds. The molecule has 19 heavy (non-hydrogen) atoms. The van der Waals surface area contributed by atoms with Crippen LogP contribution in [0.2, 0.25) is 0 Å². The lowest BCUT2D eigenvalue weighted by Crippen LogP contribution is -1.93. The average Bonchev–Trinajstić information content (AvgIpc) is 2.78. The number of aromatic amines is 1. The Hall–Kier alpha value is -3.07. The van der Waals surface area contributed by atoms with E-state index in [1.807, 2.05) is 6.07 Å². The number of fused-ring (bicyclic) bond motifs is 1. The Balaban J connectivity index is 2.18. The lowest BCUT2D eigenvalue weighted by Gasteiger charge is -2.02. The van der Waals surface area contributed by atoms with E-state index in [0.717, 1.165) is 0 Å². The molecule has 2 heterocycles. The molecule has 0 fully saturated rings. The van der Waals surface area contributed by atoms with Crippen molar-refractivity contribution in [1.82, 2.24) is 9.97 Å². The Labute approximate surface area is 106 Å². The molecule has 0 aliphatic carbocycles. The van der Waals surface area contributed by atoms with Gasteiger partial charge in [0.2, 0.25) is 0 Å². The largest absolute Gasteiger partial charge is 0.505 e. The van der Waals surface area contributed by atoms with Gasteiger partial charge in [0.25, 0.3) is 0 Å². The number of benzene rings is 1. The lowest BCUT2D eigenvalue weighted by atomic mass is 10.1. The summed E-state index contributed by atoms with van der Waals surface area (Å²) < 4.78 is 4.90. The summed E-state index contributed by atoms with van der Waals surface area (Å²) in [6, 6.07) is 8.42. The van der Waals surface area contributed by atoms with Gasteiger partial charge in [-0.05, 0) is 24.3 Å². The van der Waals surface area contributed by atoms with Crippen molar-refractivity contribution in [1.29, 1.82) is 5.26 Å². The molecule has 3 aromatic rings. The van der Waals surface area contributed by atoms with Gasteiger partial charge in [0.15, 0.2) is 11.3 Å². The van der Waals surface area contributed by atoms with Gasteiger partial charge < -0.3 is 9.52 Å². The van der Waals surface area contributed by atoms with Crippen molar-refractivity contribution in [2.45, 2.75) is 0 Å². The summed E-state index contributed by atoms with van der Waals surface area (Å²) in [6.45, 7) is 0. The Morgan fingerprint density at radius 2 is 2.21 bits per heavy atom. The number of aromatic nitrogens is 2. The highest BCUT2D eigenvalue weighted by Gasteiger charge is 2.08. The number of aromatic hydroxyl groups is 1. The van der Waals surface area contributed by atoms with Gasteiger partial charge in [-0.25, -0.2) is 4.79 Å². The van der Waals surface area contributed by atoms with Crippen LogP contribution in [-0.4, -0.2) is 15.1 Å². The molecule has 0 unspecified atom stereocenters. The zero-order valence-electron chi connectivity index (χ0n) is 9.54. The Morgan fingerprint density at radius 3 is 3.00 bits per heavy atom. The number of rotatable bonds is 1. The van der Waals surface area contributed by atoms with Crippen molar-refractivity contribution in [3.05, 3.63) is 46.6 Å². The molecule has 0 aliphatic rings. The fourth-order valence-corrected chi connectivity index (χ4v) is 1.81. The van der Waals surface area contributed by atoms with E-state index in [1.165, 1.54) is 12.3 Å². The lowest BCUT2D eigenvalue weighted by molar-refractivity contribution is 0.471. The molecular formula is C13H7N3O3. The van der Waals surface area contributed by atoms with Crippen LogP contribution in [0.25, 0.3) is 22.4 Å². The quantitative estimate of drug-likeness (QED) is 0.687. The summed E-state index contributed by atoms with van der Waals surface area (Å²) in [6.07, 6.45) is 1.22. The van der Waals surface area contributed by atoms with E-state index < -0.39 is 5.76 Å². The SMILES string of the molecule is N#Cc1cc(-c2ccc3oc(=O)[nH]c3c2)ncc1O. The van der Waals surface area contributed by atoms with E-state index in [9.17, 15) is 9.90 Å². The molecule has 6 nitrogen and oxygen atoms in total. The predicted molar refractivity (Wildman–Crippen MR) is 66.4 cm³/mol. The molecule has 3 rings (SSSR count). The monoisotopic (exact) mass is 253 g/mol. The molecule has 0 bridgehead atoms. The fraction of sp³-hybridized carbons (Fsp3) is 0. The first-order valence-corrected chi connectivity index (χ1v) is 5.40. The molecule has 6 heteroatoms. The van der Waals surface area contributed by atoms with Crippen LogP contribution >= 0.6 is 0 Å². The van der Waals surface area contributed by atoms with Gasteiger partial charge in [-0.15, -0.1) is 0 Å². The summed E-state index contributed by atoms with van der Waals surface area (Å²) in [7, 11) is 0. The number of hydrogen-bond acceptors (Lipinski definition) is 5. The van der Waals surface area contributed by atoms with E-state index in [2.05, 4.69) is 9.97 Å². The number of pyridine rings is 1. The third kappa shape index (κ3) is 1.83. The maximum absolute atomic E-state index is 11.1. The molecule has 0 radical (unpaired) electrons. The molecular weight excluding hydrogens is 246 g/mol. The van der Waals surface area contributed by atoms with E-state index in [4.69, 9.17) is 9.68 Å². The molecule has 2 aromatic heterocycles. The van der Waals surface area contributed by atoms with Crippen LogP contribution in [-0.2, 0) is 0 Å². The molecule has 0 saturated carbocycles. The molecule has 92 valence electrons. The zero-order valence-corrected chi connectivity index (χ0v) is 9.54. The van der Waals surface area contributed by atoms with Gasteiger partial charge in [0.05, 0.1) is 23.0 Å². The Kier molecular flexibility index (Phi) is 2.32. The molecule has 2 N–H and O–H groups in total. The number of hydrogen-bond donors (Lipinski definition) is 2. The van der Waals surface area contributed by atoms with Crippen LogP contribution in [0.3, 0.4) is 0 Å². The minimum atomic E-state index is -0.525. The summed E-state index contributed by atoms with van der Waals surface area (Å²) >= 11 is 0. The molecule has 0 spiro atoms. The van der Waals surface area contributed by atoms with Gasteiger partial charge in [-0.1, -0.05) is 0 Å². The molecule has 0 atom stereocenters. The second kappa shape index (κ2) is 3.99. The van der Waals surface area contributed by atoms with E-state index in [-0.39, 0.29) is 11.3 Å². The summed E-state index contributed by atoms with van der Waals surface area (Å²) in [5, 5.41) is 18.3. The Morgan fingerprint density at radius 1 is 1.37 bits per heavy atom. The van der Waals surface area contributed by atoms with Crippen molar-refractivity contribution < 1.29 is 9.52 Å². The first-order chi connectivity index (χ1) is 9.17. The maximum Gasteiger partial charge on any atom is 0.417 e. The van der Waals surface area contributed by atoms with E-state index >= 15 is 0 Å². The third-order valence-corrected chi connectivity index (χ3v) is 2.72. The number of oxazole rings is 1. The van der Waals surface area contributed by atoms with Crippen molar-refractivity contribution in [2.75, 3.05) is 0 Å². The third-order valence-electron chi connectivity index (χ3n) is 2.72. The van der Waals surface area contributed by atoms with E-state index in [0.29, 0.717) is 22.4 Å². The predicted octanol–water partition coefficient (Wildman–Crippen LogP) is 1.76. The topological polar surface area (TPSA) is 103 Å². The minimum Gasteiger partial charge on any atom is -0.505 e. The van der Waals surface area contributed by atoms with E-state index in [1.54, 1.807) is 18.2 Å². The number of nitriles is 1. The number of nitrogens with one attached hydrogen (secondary N) is 1. The van der Waals surface area contributed by atoms with Crippen LogP contribution in [0.5, 0.6) is 5.75 Å². The normalized spacial score (nSPS) is 10.5. The smallest absolute Gasteiger partial charge is 0.417 e. The zero-order chi connectivity index (χ0) is 13.4. The van der Waals surface area contributed by atoms with Crippen LogP contribution < -0.4 is 5.76 Å². The summed E-state index contributed by atoms with van der Waals surface area (Å²) in [4.78, 5) is 17.7. The highest BCUT2D eigenvalue weighted by Crippen LogP contribution is 2.24. The summed E-state index contributed by atoms with van der Waals surface area (Å²) in [5.41, 5.74) is 2.38. The van der Waals surface area contributed by atoms with Crippen molar-refractivity contribution in [3.8, 4) is 23.1 Å². The minimum absolute atomic E-state index is 0.144. The van der Waals surface area contributed by atoms with Gasteiger partial charge in [0, 0.05) is 5.56 Å². The van der Waals surface area contributed by atoms with Crippen LogP contribution in [0, 0.1) is 11.3 Å². The Bertz CT molecular complexity index is 871. The maximum atomic E-state index is 11.1. The van der Waals surface area contributed by atoms with Crippen LogP contribution in [0.1, 0.15) is 5.56 Å². The van der Waals surface area contributed by atoms with Gasteiger partial charge in [-0.2, -0.15) is 5.26 Å². The van der Waals surface area contributed by atoms with Crippen LogP contribution in [0.15, 0.2) is 39.7 Å². The van der Waals surface area contributed by atoms with Crippen molar-refractivity contribution in [3.63, 3.8) is 0 Å². The standard InChI is InChI=1S/C13H7N3O3/c14-5-8-4-9(15-6-11(8)17)7-1-2-12-10(3-7)16-13(18)19-12/h1-4,6,17H,(H,16,18). The molecule has 0 saturated heterocycles. The summed E-state index contributed by atoms with van der Waals surface area (Å²) in [5.74, 6) is -0.687. The first-order valence-electron chi connectivity index (χ1n) is 5.40. The highest BCUT2D eigenvalue weighted by molar-refractivity contribution is 5.79. The fourth-order valence-electron chi connectivity index (χ4n) is 1.81. The number of H-pyrrole nitrogens is 1. The molecule has 0 aliphatic heterocycles. The number of nitrogens with zero attached hydrogens (tertiary/aromatic N) is 2.